The maximum atomic E-state index is 11.6. The number of hydrogen-bond acceptors (Lipinski definition) is 5. The van der Waals surface area contributed by atoms with E-state index < -0.39 is 0 Å². The Morgan fingerprint density at radius 2 is 2.22 bits per heavy atom. The van der Waals surface area contributed by atoms with E-state index >= 15 is 0 Å². The predicted octanol–water partition coefficient (Wildman–Crippen LogP) is 0.479. The number of aliphatic hydroxyl groups excluding tert-OH is 1. The van der Waals surface area contributed by atoms with Crippen LogP contribution in [0.4, 0.5) is 5.82 Å². The minimum Gasteiger partial charge on any atom is -0.387 e. The van der Waals surface area contributed by atoms with Crippen molar-refractivity contribution in [3.63, 3.8) is 0 Å². The van der Waals surface area contributed by atoms with E-state index in [-0.39, 0.29) is 12.5 Å². The molecule has 0 aromatic carbocycles. The Morgan fingerprint density at radius 3 is 2.91 bits per heavy atom. The van der Waals surface area contributed by atoms with Crippen LogP contribution in [0.15, 0.2) is 18.6 Å². The minimum atomic E-state index is -0.383. The second-order valence-corrected chi connectivity index (χ2v) is 6.65. The number of rotatable bonds is 4. The van der Waals surface area contributed by atoms with Crippen molar-refractivity contribution in [2.24, 2.45) is 17.8 Å². The molecule has 2 aliphatic rings. The van der Waals surface area contributed by atoms with E-state index in [0.717, 1.165) is 29.9 Å². The van der Waals surface area contributed by atoms with Crippen molar-refractivity contribution >= 4 is 22.8 Å². The van der Waals surface area contributed by atoms with E-state index in [1.807, 2.05) is 12.3 Å². The van der Waals surface area contributed by atoms with Crippen LogP contribution in [0.3, 0.4) is 0 Å². The van der Waals surface area contributed by atoms with Crippen molar-refractivity contribution in [2.45, 2.75) is 13.0 Å². The Hall–Kier alpha value is -2.15. The van der Waals surface area contributed by atoms with Gasteiger partial charge in [-0.3, -0.25) is 4.79 Å². The Bertz CT molecular complexity index is 733. The van der Waals surface area contributed by atoms with Crippen LogP contribution in [0.25, 0.3) is 11.0 Å². The number of likely N-dealkylation sites (tertiary alicyclic amines) is 1. The van der Waals surface area contributed by atoms with Gasteiger partial charge in [0, 0.05) is 32.4 Å². The van der Waals surface area contributed by atoms with Gasteiger partial charge in [0.25, 0.3) is 0 Å². The van der Waals surface area contributed by atoms with E-state index in [2.05, 4.69) is 33.8 Å². The van der Waals surface area contributed by atoms with Gasteiger partial charge in [-0.15, -0.1) is 0 Å². The van der Waals surface area contributed by atoms with Gasteiger partial charge in [-0.05, 0) is 30.7 Å². The van der Waals surface area contributed by atoms with Gasteiger partial charge in [0.15, 0.2) is 0 Å². The van der Waals surface area contributed by atoms with Crippen LogP contribution in [0.2, 0.25) is 0 Å². The van der Waals surface area contributed by atoms with Crippen molar-refractivity contribution in [1.29, 1.82) is 0 Å². The molecule has 1 amide bonds. The highest BCUT2D eigenvalue weighted by Gasteiger charge is 2.59. The molecule has 7 nitrogen and oxygen atoms in total. The highest BCUT2D eigenvalue weighted by atomic mass is 16.3. The van der Waals surface area contributed by atoms with Gasteiger partial charge in [-0.1, -0.05) is 0 Å². The number of aromatic nitrogens is 3. The molecule has 1 saturated carbocycles. The molecule has 23 heavy (non-hydrogen) atoms. The summed E-state index contributed by atoms with van der Waals surface area (Å²) in [4.78, 5) is 27.4. The molecule has 1 aliphatic heterocycles. The lowest BCUT2D eigenvalue weighted by atomic mass is 10.1. The van der Waals surface area contributed by atoms with E-state index in [1.54, 1.807) is 11.2 Å². The lowest BCUT2D eigenvalue weighted by Crippen LogP contribution is -2.38. The number of aliphatic hydroxyl groups is 1. The highest BCUT2D eigenvalue weighted by molar-refractivity contribution is 5.87. The molecule has 4 atom stereocenters. The van der Waals surface area contributed by atoms with Gasteiger partial charge in [-0.2, -0.15) is 0 Å². The number of aromatic amines is 1. The second kappa shape index (κ2) is 5.19. The first-order valence-corrected chi connectivity index (χ1v) is 8.01. The van der Waals surface area contributed by atoms with Gasteiger partial charge in [0.1, 0.15) is 24.4 Å². The fraction of sp³-hybridized carbons (Fsp3) is 0.562. The first kappa shape index (κ1) is 14.4. The van der Waals surface area contributed by atoms with E-state index in [4.69, 9.17) is 5.11 Å². The maximum absolute atomic E-state index is 11.6. The van der Waals surface area contributed by atoms with Crippen LogP contribution in [0.5, 0.6) is 0 Å². The number of fused-ring (bicyclic) bond motifs is 2. The third-order valence-electron chi connectivity index (χ3n) is 5.58. The van der Waals surface area contributed by atoms with E-state index in [9.17, 15) is 4.79 Å². The summed E-state index contributed by atoms with van der Waals surface area (Å²) in [6.07, 6.45) is 3.47. The molecule has 2 aromatic rings. The molecule has 122 valence electrons. The molecule has 3 heterocycles. The third kappa shape index (κ3) is 2.18. The molecule has 1 unspecified atom stereocenters. The van der Waals surface area contributed by atoms with Crippen LogP contribution >= 0.6 is 0 Å². The van der Waals surface area contributed by atoms with Crippen molar-refractivity contribution in [2.75, 3.05) is 31.6 Å². The zero-order chi connectivity index (χ0) is 16.1. The molecule has 7 heteroatoms. The number of amides is 1. The van der Waals surface area contributed by atoms with Crippen LogP contribution in [-0.2, 0) is 4.79 Å². The van der Waals surface area contributed by atoms with E-state index in [1.165, 1.54) is 0 Å². The molecule has 2 N–H and O–H groups in total. The Balaban J connectivity index is 1.48. The molecular weight excluding hydrogens is 294 g/mol. The van der Waals surface area contributed by atoms with Crippen LogP contribution in [0.1, 0.15) is 6.92 Å². The van der Waals surface area contributed by atoms with Gasteiger partial charge in [0.05, 0.1) is 5.39 Å². The third-order valence-corrected chi connectivity index (χ3v) is 5.58. The molecule has 2 fully saturated rings. The summed E-state index contributed by atoms with van der Waals surface area (Å²) in [5, 5.41) is 10.0. The van der Waals surface area contributed by atoms with Gasteiger partial charge in [0.2, 0.25) is 5.91 Å². The zero-order valence-electron chi connectivity index (χ0n) is 13.3. The van der Waals surface area contributed by atoms with Crippen LogP contribution in [-0.4, -0.2) is 63.7 Å². The number of H-pyrrole nitrogens is 1. The first-order valence-electron chi connectivity index (χ1n) is 8.01. The molecule has 1 saturated heterocycles. The van der Waals surface area contributed by atoms with Gasteiger partial charge >= 0.3 is 0 Å². The van der Waals surface area contributed by atoms with Crippen molar-refractivity contribution in [3.8, 4) is 0 Å². The molecule has 4 rings (SSSR count). The van der Waals surface area contributed by atoms with Crippen LogP contribution < -0.4 is 4.90 Å². The molecule has 1 aliphatic carbocycles. The standard InChI is InChI=1S/C16H21N5O2/c1-9(14-11-5-21(6-12(11)14)13(23)7-22)20(2)16-10-3-4-17-15(10)18-8-19-16/h3-4,8-9,11-12,14,22H,5-7H2,1-2H3,(H,17,18,19)/t9-,11-,12+,14?/m1/s1. The molecule has 0 spiro atoms. The number of piperidine rings is 1. The number of anilines is 1. The molecule has 0 radical (unpaired) electrons. The lowest BCUT2D eigenvalue weighted by Gasteiger charge is -2.29. The number of nitrogens with zero attached hydrogens (tertiary/aromatic N) is 4. The fourth-order valence-corrected chi connectivity index (χ4v) is 4.18. The van der Waals surface area contributed by atoms with Crippen molar-refractivity contribution in [1.82, 2.24) is 19.9 Å². The normalized spacial score (nSPS) is 27.1. The second-order valence-electron chi connectivity index (χ2n) is 6.65. The summed E-state index contributed by atoms with van der Waals surface area (Å²) in [6.45, 7) is 3.39. The summed E-state index contributed by atoms with van der Waals surface area (Å²) in [6, 6.07) is 2.35. The zero-order valence-corrected chi connectivity index (χ0v) is 13.3. The summed E-state index contributed by atoms with van der Waals surface area (Å²) in [7, 11) is 2.07. The van der Waals surface area contributed by atoms with E-state index in [0.29, 0.717) is 23.8 Å². The van der Waals surface area contributed by atoms with Crippen molar-refractivity contribution < 1.29 is 9.90 Å². The fourth-order valence-electron chi connectivity index (χ4n) is 4.18. The average molecular weight is 315 g/mol. The predicted molar refractivity (Wildman–Crippen MR) is 85.9 cm³/mol. The Morgan fingerprint density at radius 1 is 1.48 bits per heavy atom. The Kier molecular flexibility index (Phi) is 3.26. The topological polar surface area (TPSA) is 85.3 Å². The smallest absolute Gasteiger partial charge is 0.248 e. The number of nitrogens with one attached hydrogen (secondary N) is 1. The molecule has 0 bridgehead atoms. The van der Waals surface area contributed by atoms with Gasteiger partial charge in [-0.25, -0.2) is 9.97 Å². The van der Waals surface area contributed by atoms with Crippen molar-refractivity contribution in [3.05, 3.63) is 18.6 Å². The highest BCUT2D eigenvalue weighted by Crippen LogP contribution is 2.54. The average Bonchev–Trinajstić information content (AvgIpc) is 2.97. The van der Waals surface area contributed by atoms with Crippen LogP contribution in [0, 0.1) is 17.8 Å². The monoisotopic (exact) mass is 315 g/mol. The number of carbonyl (C=O) groups excluding carboxylic acids is 1. The first-order chi connectivity index (χ1) is 11.1. The molecule has 2 aromatic heterocycles. The maximum Gasteiger partial charge on any atom is 0.248 e. The number of hydrogen-bond donors (Lipinski definition) is 2. The minimum absolute atomic E-state index is 0.151. The largest absolute Gasteiger partial charge is 0.387 e. The molecular formula is C16H21N5O2. The quantitative estimate of drug-likeness (QED) is 0.857. The number of carbonyl (C=O) groups is 1. The summed E-state index contributed by atoms with van der Waals surface area (Å²) in [5.74, 6) is 2.46. The Labute approximate surface area is 134 Å². The SMILES string of the molecule is C[C@H](C1[C@H]2CN(C(=O)CO)C[C@@H]12)N(C)c1ncnc2[nH]ccc12. The lowest BCUT2D eigenvalue weighted by molar-refractivity contribution is -0.133. The summed E-state index contributed by atoms with van der Waals surface area (Å²) >= 11 is 0. The summed E-state index contributed by atoms with van der Waals surface area (Å²) in [5.41, 5.74) is 0.852. The summed E-state index contributed by atoms with van der Waals surface area (Å²) < 4.78 is 0. The van der Waals surface area contributed by atoms with Gasteiger partial charge < -0.3 is 19.9 Å².